The molecular weight excluding hydrogens is 228 g/mol. The van der Waals surface area contributed by atoms with Gasteiger partial charge in [0.25, 0.3) is 5.60 Å². The van der Waals surface area contributed by atoms with Gasteiger partial charge in [-0.25, -0.2) is 8.78 Å². The molecule has 0 unspecified atom stereocenters. The van der Waals surface area contributed by atoms with Gasteiger partial charge in [0.15, 0.2) is 0 Å². The Labute approximate surface area is 71.6 Å². The van der Waals surface area contributed by atoms with Crippen molar-refractivity contribution in [1.82, 2.24) is 0 Å². The second kappa shape index (κ2) is 2.71. The van der Waals surface area contributed by atoms with Gasteiger partial charge < -0.3 is 4.74 Å². The maximum Gasteiger partial charge on any atom is 0.429 e. The SMILES string of the molecule is F[C@@H]1[C@@H](F)OC1(C(F)(F)F)C(F)(F)F. The van der Waals surface area contributed by atoms with Crippen LogP contribution in [0, 0.1) is 0 Å². The van der Waals surface area contributed by atoms with Gasteiger partial charge in [0.05, 0.1) is 0 Å². The summed E-state index contributed by atoms with van der Waals surface area (Å²) in [5.74, 6) is 0. The number of alkyl halides is 8. The van der Waals surface area contributed by atoms with Gasteiger partial charge in [-0.15, -0.1) is 0 Å². The van der Waals surface area contributed by atoms with E-state index in [2.05, 4.69) is 4.74 Å². The summed E-state index contributed by atoms with van der Waals surface area (Å²) >= 11 is 0. The van der Waals surface area contributed by atoms with Crippen molar-refractivity contribution in [3.05, 3.63) is 0 Å². The fourth-order valence-electron chi connectivity index (χ4n) is 1.02. The molecule has 1 fully saturated rings. The summed E-state index contributed by atoms with van der Waals surface area (Å²) in [5.41, 5.74) is -5.01. The van der Waals surface area contributed by atoms with Crippen molar-refractivity contribution in [1.29, 1.82) is 0 Å². The van der Waals surface area contributed by atoms with Gasteiger partial charge in [-0.1, -0.05) is 0 Å². The van der Waals surface area contributed by atoms with Gasteiger partial charge in [-0.3, -0.25) is 0 Å². The van der Waals surface area contributed by atoms with Crippen LogP contribution >= 0.6 is 0 Å². The molecule has 0 aromatic rings. The number of halogens is 8. The smallest absolute Gasteiger partial charge is 0.318 e. The van der Waals surface area contributed by atoms with E-state index in [1.54, 1.807) is 0 Å². The zero-order chi connectivity index (χ0) is 11.4. The van der Waals surface area contributed by atoms with E-state index in [1.807, 2.05) is 0 Å². The molecule has 0 aliphatic carbocycles. The van der Waals surface area contributed by atoms with E-state index in [0.29, 0.717) is 0 Å². The second-order valence-electron chi connectivity index (χ2n) is 2.60. The standard InChI is InChI=1S/C5H2F8O/c6-1-2(7)14-3(1,4(8,9)10)5(11,12)13/h1-2H/t1-,2+/m1/s1. The first-order chi connectivity index (χ1) is 6.04. The van der Waals surface area contributed by atoms with Crippen molar-refractivity contribution in [3.63, 3.8) is 0 Å². The summed E-state index contributed by atoms with van der Waals surface area (Å²) < 4.78 is 98.0. The van der Waals surface area contributed by atoms with Crippen LogP contribution in [0.25, 0.3) is 0 Å². The highest BCUT2D eigenvalue weighted by molar-refractivity contribution is 5.09. The Morgan fingerprint density at radius 1 is 0.857 bits per heavy atom. The third kappa shape index (κ3) is 1.17. The highest BCUT2D eigenvalue weighted by atomic mass is 19.4. The third-order valence-electron chi connectivity index (χ3n) is 1.76. The van der Waals surface area contributed by atoms with Crippen LogP contribution in [0.1, 0.15) is 0 Å². The van der Waals surface area contributed by atoms with E-state index in [1.165, 1.54) is 0 Å². The predicted molar refractivity (Wildman–Crippen MR) is 25.7 cm³/mol. The summed E-state index contributed by atoms with van der Waals surface area (Å²) in [7, 11) is 0. The molecule has 14 heavy (non-hydrogen) atoms. The first-order valence-corrected chi connectivity index (χ1v) is 3.13. The average molecular weight is 230 g/mol. The molecule has 0 aromatic carbocycles. The van der Waals surface area contributed by atoms with Crippen LogP contribution in [0.5, 0.6) is 0 Å². The highest BCUT2D eigenvalue weighted by Crippen LogP contribution is 2.56. The Hall–Kier alpha value is -0.600. The molecule has 1 saturated heterocycles. The normalized spacial score (nSPS) is 32.6. The first kappa shape index (κ1) is 11.5. The lowest BCUT2D eigenvalue weighted by Crippen LogP contribution is -2.75. The van der Waals surface area contributed by atoms with Gasteiger partial charge in [0.1, 0.15) is 0 Å². The van der Waals surface area contributed by atoms with Gasteiger partial charge >= 0.3 is 12.4 Å². The maximum absolute atomic E-state index is 12.3. The Bertz CT molecular complexity index is 215. The van der Waals surface area contributed by atoms with Crippen molar-refractivity contribution in [2.75, 3.05) is 0 Å². The van der Waals surface area contributed by atoms with E-state index >= 15 is 0 Å². The average Bonchev–Trinajstić information content (AvgIpc) is 1.93. The molecule has 1 aliphatic rings. The van der Waals surface area contributed by atoms with Crippen molar-refractivity contribution in [2.24, 2.45) is 0 Å². The van der Waals surface area contributed by atoms with Crippen molar-refractivity contribution < 1.29 is 39.9 Å². The van der Waals surface area contributed by atoms with Gasteiger partial charge in [-0.05, 0) is 0 Å². The number of ether oxygens (including phenoxy) is 1. The van der Waals surface area contributed by atoms with Gasteiger partial charge in [0.2, 0.25) is 12.5 Å². The number of rotatable bonds is 0. The van der Waals surface area contributed by atoms with Crippen LogP contribution in [0.2, 0.25) is 0 Å². The lowest BCUT2D eigenvalue weighted by atomic mass is 9.90. The fraction of sp³-hybridized carbons (Fsp3) is 1.00. The molecular formula is C5H2F8O. The monoisotopic (exact) mass is 230 g/mol. The van der Waals surface area contributed by atoms with Crippen LogP contribution < -0.4 is 0 Å². The molecule has 0 spiro atoms. The molecule has 1 rings (SSSR count). The molecule has 0 saturated carbocycles. The molecule has 84 valence electrons. The van der Waals surface area contributed by atoms with Crippen LogP contribution in [0.15, 0.2) is 0 Å². The molecule has 0 bridgehead atoms. The third-order valence-corrected chi connectivity index (χ3v) is 1.76. The topological polar surface area (TPSA) is 9.23 Å². The van der Waals surface area contributed by atoms with Crippen molar-refractivity contribution in [2.45, 2.75) is 30.5 Å². The zero-order valence-electron chi connectivity index (χ0n) is 6.09. The Balaban J connectivity index is 3.08. The number of hydrogen-bond donors (Lipinski definition) is 0. The highest BCUT2D eigenvalue weighted by Gasteiger charge is 2.84. The molecule has 0 amide bonds. The lowest BCUT2D eigenvalue weighted by Gasteiger charge is -2.47. The Kier molecular flexibility index (Phi) is 2.22. The molecule has 2 atom stereocenters. The summed E-state index contributed by atoms with van der Waals surface area (Å²) in [5, 5.41) is 0. The van der Waals surface area contributed by atoms with Crippen molar-refractivity contribution in [3.8, 4) is 0 Å². The van der Waals surface area contributed by atoms with Gasteiger partial charge in [0, 0.05) is 0 Å². The van der Waals surface area contributed by atoms with E-state index in [4.69, 9.17) is 0 Å². The summed E-state index contributed by atoms with van der Waals surface area (Å²) in [6, 6.07) is 0. The molecule has 9 heteroatoms. The summed E-state index contributed by atoms with van der Waals surface area (Å²) in [6.07, 6.45) is -19.0. The largest absolute Gasteiger partial charge is 0.429 e. The van der Waals surface area contributed by atoms with E-state index in [-0.39, 0.29) is 0 Å². The molecule has 1 nitrogen and oxygen atoms in total. The Morgan fingerprint density at radius 2 is 1.21 bits per heavy atom. The Morgan fingerprint density at radius 3 is 1.29 bits per heavy atom. The summed E-state index contributed by atoms with van der Waals surface area (Å²) in [4.78, 5) is 0. The molecule has 0 aromatic heterocycles. The van der Waals surface area contributed by atoms with Crippen molar-refractivity contribution >= 4 is 0 Å². The molecule has 1 aliphatic heterocycles. The van der Waals surface area contributed by atoms with Gasteiger partial charge in [-0.2, -0.15) is 26.3 Å². The first-order valence-electron chi connectivity index (χ1n) is 3.13. The maximum atomic E-state index is 12.3. The van der Waals surface area contributed by atoms with E-state index in [0.717, 1.165) is 0 Å². The van der Waals surface area contributed by atoms with E-state index < -0.39 is 30.5 Å². The minimum Gasteiger partial charge on any atom is -0.318 e. The fourth-order valence-corrected chi connectivity index (χ4v) is 1.02. The molecule has 1 heterocycles. The summed E-state index contributed by atoms with van der Waals surface area (Å²) in [6.45, 7) is 0. The van der Waals surface area contributed by atoms with E-state index in [9.17, 15) is 35.1 Å². The quantitative estimate of drug-likeness (QED) is 0.581. The number of hydrogen-bond acceptors (Lipinski definition) is 1. The minimum atomic E-state index is -6.03. The lowest BCUT2D eigenvalue weighted by molar-refractivity contribution is -0.479. The second-order valence-corrected chi connectivity index (χ2v) is 2.60. The van der Waals surface area contributed by atoms with Crippen LogP contribution in [0.3, 0.4) is 0 Å². The minimum absolute atomic E-state index is 2.88. The molecule has 0 radical (unpaired) electrons. The van der Waals surface area contributed by atoms with Crippen LogP contribution in [-0.2, 0) is 4.74 Å². The zero-order valence-corrected chi connectivity index (χ0v) is 6.09. The predicted octanol–water partition coefficient (Wildman–Crippen LogP) is 2.51. The van der Waals surface area contributed by atoms with Crippen LogP contribution in [-0.4, -0.2) is 30.5 Å². The molecule has 0 N–H and O–H groups in total. The van der Waals surface area contributed by atoms with Crippen LogP contribution in [0.4, 0.5) is 35.1 Å².